The summed E-state index contributed by atoms with van der Waals surface area (Å²) < 4.78 is 17.4. The molecule has 0 radical (unpaired) electrons. The monoisotopic (exact) mass is 297 g/mol. The molecule has 0 amide bonds. The molecule has 1 heterocycles. The van der Waals surface area contributed by atoms with Crippen LogP contribution < -0.4 is 5.56 Å². The van der Waals surface area contributed by atoms with Gasteiger partial charge in [-0.3, -0.25) is 4.79 Å². The van der Waals surface area contributed by atoms with Crippen molar-refractivity contribution in [2.75, 3.05) is 13.2 Å². The van der Waals surface area contributed by atoms with E-state index in [0.29, 0.717) is 24.9 Å². The summed E-state index contributed by atoms with van der Waals surface area (Å²) in [6.45, 7) is 6.45. The van der Waals surface area contributed by atoms with E-state index in [4.69, 9.17) is 25.4 Å². The fourth-order valence-electron chi connectivity index (χ4n) is 1.13. The van der Waals surface area contributed by atoms with Crippen LogP contribution >= 0.6 is 17.1 Å². The van der Waals surface area contributed by atoms with Crippen LogP contribution in [0.15, 0.2) is 15.4 Å². The predicted molar refractivity (Wildman–Crippen MR) is 72.8 cm³/mol. The van der Waals surface area contributed by atoms with E-state index in [1.165, 1.54) is 22.2 Å². The maximum atomic E-state index is 11.4. The summed E-state index contributed by atoms with van der Waals surface area (Å²) in [5.74, 6) is 0.890. The van der Waals surface area contributed by atoms with Crippen molar-refractivity contribution < 1.29 is 13.6 Å². The van der Waals surface area contributed by atoms with Gasteiger partial charge in [0.05, 0.1) is 13.2 Å². The van der Waals surface area contributed by atoms with Gasteiger partial charge in [0.25, 0.3) is 5.56 Å². The largest absolute Gasteiger partial charge is 0.380 e. The summed E-state index contributed by atoms with van der Waals surface area (Å²) >= 11 is 6.63. The van der Waals surface area contributed by atoms with E-state index in [-0.39, 0.29) is 5.56 Å². The van der Waals surface area contributed by atoms with Crippen molar-refractivity contribution in [3.8, 4) is 0 Å². The number of aryl methyl sites for hydroxylation is 1. The lowest BCUT2D eigenvalue weighted by molar-refractivity contribution is 0.273. The van der Waals surface area contributed by atoms with Crippen LogP contribution in [-0.4, -0.2) is 18.0 Å². The Morgan fingerprint density at radius 3 is 2.47 bits per heavy atom. The molecule has 0 aliphatic rings. The normalized spacial score (nSPS) is 11.9. The first-order chi connectivity index (χ1) is 8.00. The SMILES string of the molecule is CCOP(=S)(OCC)SCn1oc(C)cc1=O. The molecule has 0 aliphatic carbocycles. The molecule has 1 aromatic heterocycles. The molecule has 1 aromatic rings. The van der Waals surface area contributed by atoms with Gasteiger partial charge in [-0.05, 0) is 44.0 Å². The third-order valence-electron chi connectivity index (χ3n) is 1.73. The molecular formula is C9H16NO4PS2. The standard InChI is InChI=1S/C9H16NO4PS2/c1-4-12-15(16,13-5-2)17-7-10-9(11)6-8(3)14-10/h6H,4-5,7H2,1-3H3. The summed E-state index contributed by atoms with van der Waals surface area (Å²) in [6, 6.07) is 1.44. The van der Waals surface area contributed by atoms with Gasteiger partial charge in [-0.1, -0.05) is 0 Å². The third kappa shape index (κ3) is 4.60. The van der Waals surface area contributed by atoms with Gasteiger partial charge in [-0.25, -0.2) is 0 Å². The molecule has 0 aromatic carbocycles. The van der Waals surface area contributed by atoms with Crippen LogP contribution in [0.4, 0.5) is 0 Å². The highest BCUT2D eigenvalue weighted by Gasteiger charge is 2.19. The summed E-state index contributed by atoms with van der Waals surface area (Å²) in [4.78, 5) is 11.4. The van der Waals surface area contributed by atoms with Crippen LogP contribution in [0.25, 0.3) is 0 Å². The van der Waals surface area contributed by atoms with E-state index >= 15 is 0 Å². The Labute approximate surface area is 109 Å². The molecule has 1 rings (SSSR count). The van der Waals surface area contributed by atoms with Crippen molar-refractivity contribution in [2.45, 2.75) is 26.6 Å². The van der Waals surface area contributed by atoms with Gasteiger partial charge >= 0.3 is 0 Å². The Hall–Kier alpha value is -0.0700. The van der Waals surface area contributed by atoms with Crippen LogP contribution in [-0.2, 0) is 26.7 Å². The number of hydrogen-bond acceptors (Lipinski definition) is 6. The second-order valence-electron chi connectivity index (χ2n) is 3.10. The van der Waals surface area contributed by atoms with Gasteiger partial charge in [0.15, 0.2) is 0 Å². The molecule has 0 fully saturated rings. The lowest BCUT2D eigenvalue weighted by Crippen LogP contribution is -2.11. The van der Waals surface area contributed by atoms with E-state index in [1.807, 2.05) is 13.8 Å². The average molecular weight is 297 g/mol. The van der Waals surface area contributed by atoms with Gasteiger partial charge in [-0.2, -0.15) is 4.74 Å². The molecular weight excluding hydrogens is 281 g/mol. The molecule has 0 bridgehead atoms. The molecule has 0 unspecified atom stereocenters. The first-order valence-electron chi connectivity index (χ1n) is 5.22. The Bertz CT molecular complexity index is 446. The molecule has 0 saturated carbocycles. The second-order valence-corrected chi connectivity index (χ2v) is 9.38. The third-order valence-corrected chi connectivity index (χ3v) is 7.06. The first-order valence-corrected chi connectivity index (χ1v) is 9.45. The molecule has 8 heteroatoms. The molecule has 98 valence electrons. The first kappa shape index (κ1) is 15.0. The van der Waals surface area contributed by atoms with Gasteiger partial charge in [0.1, 0.15) is 11.6 Å². The topological polar surface area (TPSA) is 53.6 Å². The minimum Gasteiger partial charge on any atom is -0.380 e. The summed E-state index contributed by atoms with van der Waals surface area (Å²) in [6.07, 6.45) is 0. The lowest BCUT2D eigenvalue weighted by Gasteiger charge is -2.19. The van der Waals surface area contributed by atoms with Crippen LogP contribution in [0.3, 0.4) is 0 Å². The van der Waals surface area contributed by atoms with E-state index in [2.05, 4.69) is 0 Å². The minimum atomic E-state index is -2.37. The van der Waals surface area contributed by atoms with Crippen LogP contribution in [0.2, 0.25) is 0 Å². The van der Waals surface area contributed by atoms with E-state index in [0.717, 1.165) is 0 Å². The molecule has 0 aliphatic heterocycles. The maximum absolute atomic E-state index is 11.4. The van der Waals surface area contributed by atoms with Crippen LogP contribution in [0.5, 0.6) is 0 Å². The van der Waals surface area contributed by atoms with Gasteiger partial charge in [-0.15, -0.1) is 0 Å². The average Bonchev–Trinajstić information content (AvgIpc) is 2.55. The zero-order chi connectivity index (χ0) is 12.9. The number of nitrogens with zero attached hydrogens (tertiary/aromatic N) is 1. The van der Waals surface area contributed by atoms with Gasteiger partial charge in [0.2, 0.25) is 5.69 Å². The highest BCUT2D eigenvalue weighted by atomic mass is 32.9. The van der Waals surface area contributed by atoms with Crippen molar-refractivity contribution in [1.82, 2.24) is 4.74 Å². The fourth-order valence-corrected chi connectivity index (χ4v) is 5.29. The lowest BCUT2D eigenvalue weighted by atomic mass is 10.5. The fraction of sp³-hybridized carbons (Fsp3) is 0.667. The van der Waals surface area contributed by atoms with Crippen molar-refractivity contribution in [3.63, 3.8) is 0 Å². The summed E-state index contributed by atoms with van der Waals surface area (Å²) in [5, 5.41) is 0. The Morgan fingerprint density at radius 2 is 2.06 bits per heavy atom. The highest BCUT2D eigenvalue weighted by molar-refractivity contribution is 8.67. The second kappa shape index (κ2) is 6.75. The molecule has 0 spiro atoms. The zero-order valence-corrected chi connectivity index (χ0v) is 12.6. The van der Waals surface area contributed by atoms with Gasteiger partial charge in [0, 0.05) is 6.07 Å². The van der Waals surface area contributed by atoms with E-state index in [1.54, 1.807) is 6.92 Å². The molecule has 0 saturated heterocycles. The Balaban J connectivity index is 2.67. The molecule has 0 atom stereocenters. The zero-order valence-electron chi connectivity index (χ0n) is 10.0. The van der Waals surface area contributed by atoms with Crippen molar-refractivity contribution >= 4 is 28.9 Å². The predicted octanol–water partition coefficient (Wildman–Crippen LogP) is 2.74. The van der Waals surface area contributed by atoms with Crippen molar-refractivity contribution in [3.05, 3.63) is 22.2 Å². The molecule has 17 heavy (non-hydrogen) atoms. The summed E-state index contributed by atoms with van der Waals surface area (Å²) in [7, 11) is 0. The number of hydrogen-bond donors (Lipinski definition) is 0. The van der Waals surface area contributed by atoms with Gasteiger partial charge < -0.3 is 13.6 Å². The molecule has 5 nitrogen and oxygen atoms in total. The van der Waals surface area contributed by atoms with Crippen molar-refractivity contribution in [2.24, 2.45) is 0 Å². The molecule has 0 N–H and O–H groups in total. The quantitative estimate of drug-likeness (QED) is 0.721. The number of aromatic nitrogens is 1. The Morgan fingerprint density at radius 1 is 1.47 bits per heavy atom. The highest BCUT2D eigenvalue weighted by Crippen LogP contribution is 2.61. The smallest absolute Gasteiger partial charge is 0.283 e. The Kier molecular flexibility index (Phi) is 5.95. The summed E-state index contributed by atoms with van der Waals surface area (Å²) in [5.41, 5.74) is -2.54. The van der Waals surface area contributed by atoms with Crippen molar-refractivity contribution in [1.29, 1.82) is 0 Å². The van der Waals surface area contributed by atoms with E-state index in [9.17, 15) is 4.79 Å². The van der Waals surface area contributed by atoms with E-state index < -0.39 is 5.69 Å². The minimum absolute atomic E-state index is 0.176. The van der Waals surface area contributed by atoms with Crippen LogP contribution in [0, 0.1) is 6.92 Å². The maximum Gasteiger partial charge on any atom is 0.283 e. The number of rotatable bonds is 7. The van der Waals surface area contributed by atoms with Crippen LogP contribution in [0.1, 0.15) is 19.6 Å².